The van der Waals surface area contributed by atoms with E-state index in [4.69, 9.17) is 5.73 Å². The molecule has 1 aliphatic rings. The third kappa shape index (κ3) is 7.17. The SMILES string of the molecule is CCCc1cc(C[C@@H]2CS(=O)(=O)C[C@H](NCc3cccc(C(C)(C)C)c3)[C@H]2O)cc(F)c1N.Cl. The average molecular weight is 513 g/mol. The molecule has 1 saturated heterocycles. The number of aryl methyl sites for hydroxylation is 1. The lowest BCUT2D eigenvalue weighted by atomic mass is 9.86. The van der Waals surface area contributed by atoms with Crippen LogP contribution in [0.3, 0.4) is 0 Å². The fourth-order valence-corrected chi connectivity index (χ4v) is 6.55. The van der Waals surface area contributed by atoms with E-state index in [0.717, 1.165) is 17.5 Å². The zero-order chi connectivity index (χ0) is 24.4. The molecule has 2 aromatic rings. The van der Waals surface area contributed by atoms with Crippen LogP contribution in [0.4, 0.5) is 10.1 Å². The molecule has 2 aromatic carbocycles. The molecule has 0 bridgehead atoms. The van der Waals surface area contributed by atoms with E-state index >= 15 is 0 Å². The van der Waals surface area contributed by atoms with Gasteiger partial charge in [-0.2, -0.15) is 0 Å². The zero-order valence-electron chi connectivity index (χ0n) is 20.5. The first-order valence-electron chi connectivity index (χ1n) is 11.7. The highest BCUT2D eigenvalue weighted by atomic mass is 35.5. The highest BCUT2D eigenvalue weighted by Gasteiger charge is 2.39. The van der Waals surface area contributed by atoms with Gasteiger partial charge in [0.25, 0.3) is 0 Å². The first-order chi connectivity index (χ1) is 15.4. The maximum atomic E-state index is 14.3. The van der Waals surface area contributed by atoms with Crippen molar-refractivity contribution in [2.24, 2.45) is 5.92 Å². The second kappa shape index (κ2) is 11.4. The van der Waals surface area contributed by atoms with E-state index < -0.39 is 33.7 Å². The Kier molecular flexibility index (Phi) is 9.56. The summed E-state index contributed by atoms with van der Waals surface area (Å²) in [5, 5.41) is 14.3. The number of aliphatic hydroxyl groups is 1. The standard InChI is InChI=1S/C26H37FN2O3S.ClH/c1-5-7-19-10-18(13-22(27)24(19)28)11-20-15-33(31,32)16-23(25(20)30)29-14-17-8-6-9-21(12-17)26(2,3)4;/h6,8-10,12-13,20,23,25,29-30H,5,7,11,14-16,28H2,1-4H3;1H/t20-,23+,25+;/m1./s1. The van der Waals surface area contributed by atoms with Crippen molar-refractivity contribution in [2.45, 2.75) is 71.1 Å². The van der Waals surface area contributed by atoms with Crippen molar-refractivity contribution in [1.29, 1.82) is 0 Å². The highest BCUT2D eigenvalue weighted by molar-refractivity contribution is 7.91. The number of aliphatic hydroxyl groups excluding tert-OH is 1. The number of hydrogen-bond donors (Lipinski definition) is 3. The average Bonchev–Trinajstić information content (AvgIpc) is 2.72. The van der Waals surface area contributed by atoms with Crippen LogP contribution in [0.15, 0.2) is 36.4 Å². The minimum Gasteiger partial charge on any atom is -0.396 e. The number of hydrogen-bond acceptors (Lipinski definition) is 5. The van der Waals surface area contributed by atoms with Crippen LogP contribution in [-0.4, -0.2) is 37.2 Å². The van der Waals surface area contributed by atoms with Crippen LogP contribution in [0.25, 0.3) is 0 Å². The van der Waals surface area contributed by atoms with Crippen molar-refractivity contribution >= 4 is 27.9 Å². The van der Waals surface area contributed by atoms with Gasteiger partial charge in [-0.1, -0.05) is 64.4 Å². The molecule has 1 aliphatic heterocycles. The summed E-state index contributed by atoms with van der Waals surface area (Å²) in [5.74, 6) is -1.22. The summed E-state index contributed by atoms with van der Waals surface area (Å²) in [6.07, 6.45) is 0.913. The van der Waals surface area contributed by atoms with Crippen LogP contribution in [-0.2, 0) is 34.6 Å². The van der Waals surface area contributed by atoms with Gasteiger partial charge in [0.2, 0.25) is 0 Å². The van der Waals surface area contributed by atoms with Crippen molar-refractivity contribution in [3.63, 3.8) is 0 Å². The molecule has 8 heteroatoms. The summed E-state index contributed by atoms with van der Waals surface area (Å²) in [4.78, 5) is 0. The Morgan fingerprint density at radius 1 is 1.15 bits per heavy atom. The van der Waals surface area contributed by atoms with Gasteiger partial charge in [-0.3, -0.25) is 0 Å². The molecule has 34 heavy (non-hydrogen) atoms. The topological polar surface area (TPSA) is 92.4 Å². The number of nitrogens with one attached hydrogen (secondary N) is 1. The molecule has 4 N–H and O–H groups in total. The number of nitrogens with two attached hydrogens (primary N) is 1. The number of rotatable bonds is 7. The van der Waals surface area contributed by atoms with E-state index in [1.54, 1.807) is 0 Å². The van der Waals surface area contributed by atoms with Gasteiger partial charge in [-0.05, 0) is 46.6 Å². The molecule has 0 radical (unpaired) electrons. The van der Waals surface area contributed by atoms with E-state index in [1.807, 2.05) is 25.1 Å². The second-order valence-electron chi connectivity index (χ2n) is 10.4. The van der Waals surface area contributed by atoms with Crippen molar-refractivity contribution in [3.8, 4) is 0 Å². The molecule has 1 heterocycles. The van der Waals surface area contributed by atoms with Crippen LogP contribution < -0.4 is 11.1 Å². The Labute approximate surface area is 209 Å². The van der Waals surface area contributed by atoms with E-state index in [1.165, 1.54) is 11.6 Å². The molecule has 1 fully saturated rings. The third-order valence-corrected chi connectivity index (χ3v) is 8.25. The molecule has 0 aromatic heterocycles. The number of halogens is 2. The molecular weight excluding hydrogens is 475 g/mol. The molecule has 0 unspecified atom stereocenters. The van der Waals surface area contributed by atoms with Gasteiger partial charge in [0, 0.05) is 18.5 Å². The lowest BCUT2D eigenvalue weighted by Gasteiger charge is -2.35. The first kappa shape index (κ1) is 28.6. The number of anilines is 1. The van der Waals surface area contributed by atoms with E-state index in [2.05, 4.69) is 38.2 Å². The van der Waals surface area contributed by atoms with Gasteiger partial charge < -0.3 is 16.2 Å². The summed E-state index contributed by atoms with van der Waals surface area (Å²) >= 11 is 0. The van der Waals surface area contributed by atoms with E-state index in [9.17, 15) is 17.9 Å². The van der Waals surface area contributed by atoms with Crippen molar-refractivity contribution < 1.29 is 17.9 Å². The molecule has 0 amide bonds. The quantitative estimate of drug-likeness (QED) is 0.484. The molecule has 5 nitrogen and oxygen atoms in total. The van der Waals surface area contributed by atoms with Gasteiger partial charge in [0.1, 0.15) is 5.82 Å². The van der Waals surface area contributed by atoms with Gasteiger partial charge in [0.15, 0.2) is 9.84 Å². The van der Waals surface area contributed by atoms with Crippen molar-refractivity contribution in [3.05, 3.63) is 64.5 Å². The monoisotopic (exact) mass is 512 g/mol. The Balaban J connectivity index is 0.00000408. The van der Waals surface area contributed by atoms with Crippen LogP contribution in [0.5, 0.6) is 0 Å². The molecule has 0 saturated carbocycles. The molecule has 3 rings (SSSR count). The minimum absolute atomic E-state index is 0. The fraction of sp³-hybridized carbons (Fsp3) is 0.538. The van der Waals surface area contributed by atoms with E-state index in [0.29, 0.717) is 18.5 Å². The summed E-state index contributed by atoms with van der Waals surface area (Å²) < 4.78 is 39.6. The lowest BCUT2D eigenvalue weighted by molar-refractivity contribution is 0.0780. The number of benzene rings is 2. The van der Waals surface area contributed by atoms with Gasteiger partial charge in [-0.15, -0.1) is 12.4 Å². The van der Waals surface area contributed by atoms with Gasteiger partial charge in [-0.25, -0.2) is 12.8 Å². The zero-order valence-corrected chi connectivity index (χ0v) is 22.1. The Morgan fingerprint density at radius 3 is 2.50 bits per heavy atom. The Hall–Kier alpha value is -1.67. The maximum absolute atomic E-state index is 14.3. The van der Waals surface area contributed by atoms with Gasteiger partial charge >= 0.3 is 0 Å². The van der Waals surface area contributed by atoms with Crippen molar-refractivity contribution in [1.82, 2.24) is 5.32 Å². The normalized spacial score (nSPS) is 22.2. The van der Waals surface area contributed by atoms with Crippen LogP contribution >= 0.6 is 12.4 Å². The Morgan fingerprint density at radius 2 is 1.85 bits per heavy atom. The predicted octanol–water partition coefficient (Wildman–Crippen LogP) is 4.19. The lowest BCUT2D eigenvalue weighted by Crippen LogP contribution is -2.54. The van der Waals surface area contributed by atoms with Crippen LogP contribution in [0.1, 0.15) is 56.4 Å². The predicted molar refractivity (Wildman–Crippen MR) is 140 cm³/mol. The number of nitrogen functional groups attached to an aromatic ring is 1. The smallest absolute Gasteiger partial charge is 0.152 e. The molecule has 3 atom stereocenters. The third-order valence-electron chi connectivity index (χ3n) is 6.45. The van der Waals surface area contributed by atoms with Crippen LogP contribution in [0.2, 0.25) is 0 Å². The summed E-state index contributed by atoms with van der Waals surface area (Å²) in [6, 6.07) is 10.8. The van der Waals surface area contributed by atoms with E-state index in [-0.39, 0.29) is 41.4 Å². The summed E-state index contributed by atoms with van der Waals surface area (Å²) in [6.45, 7) is 8.90. The Bertz CT molecular complexity index is 1090. The van der Waals surface area contributed by atoms with Crippen molar-refractivity contribution in [2.75, 3.05) is 17.2 Å². The number of sulfone groups is 1. The summed E-state index contributed by atoms with van der Waals surface area (Å²) in [7, 11) is -3.35. The molecule has 0 spiro atoms. The molecule has 190 valence electrons. The maximum Gasteiger partial charge on any atom is 0.152 e. The minimum atomic E-state index is -3.35. The molecular formula is C26H38ClFN2O3S. The second-order valence-corrected chi connectivity index (χ2v) is 12.5. The first-order valence-corrected chi connectivity index (χ1v) is 13.5. The van der Waals surface area contributed by atoms with Crippen LogP contribution in [0, 0.1) is 11.7 Å². The molecule has 0 aliphatic carbocycles. The van der Waals surface area contributed by atoms with Gasteiger partial charge in [0.05, 0.1) is 23.3 Å². The fourth-order valence-electron chi connectivity index (χ4n) is 4.58. The largest absolute Gasteiger partial charge is 0.396 e. The highest BCUT2D eigenvalue weighted by Crippen LogP contribution is 2.28. The summed E-state index contributed by atoms with van der Waals surface area (Å²) in [5.41, 5.74) is 9.67.